The van der Waals surface area contributed by atoms with Crippen LogP contribution in [0.2, 0.25) is 0 Å². The van der Waals surface area contributed by atoms with Gasteiger partial charge in [-0.2, -0.15) is 5.10 Å². The van der Waals surface area contributed by atoms with Gasteiger partial charge in [0.25, 0.3) is 5.91 Å². The summed E-state index contributed by atoms with van der Waals surface area (Å²) in [5.41, 5.74) is 7.67. The lowest BCUT2D eigenvalue weighted by atomic mass is 10.1. The van der Waals surface area contributed by atoms with Gasteiger partial charge in [-0.15, -0.1) is 10.2 Å². The maximum absolute atomic E-state index is 12.4. The molecule has 1 N–H and O–H groups in total. The maximum atomic E-state index is 12.4. The van der Waals surface area contributed by atoms with Gasteiger partial charge in [0.2, 0.25) is 0 Å². The Kier molecular flexibility index (Phi) is 7.67. The number of carbonyl (C=O) groups excluding carboxylic acids is 1. The number of rotatable bonds is 8. The molecule has 0 fully saturated rings. The Bertz CT molecular complexity index is 1300. The number of nitrogens with zero attached hydrogens (tertiary/aromatic N) is 4. The van der Waals surface area contributed by atoms with Gasteiger partial charge in [-0.1, -0.05) is 96.2 Å². The molecular formula is C27H25N5OS. The molecule has 1 heterocycles. The van der Waals surface area contributed by atoms with Gasteiger partial charge in [0.15, 0.2) is 11.0 Å². The summed E-state index contributed by atoms with van der Waals surface area (Å²) in [6, 6.07) is 28.0. The van der Waals surface area contributed by atoms with Gasteiger partial charge in [-0.3, -0.25) is 9.36 Å². The minimum Gasteiger partial charge on any atom is -0.272 e. The first-order valence-electron chi connectivity index (χ1n) is 10.9. The van der Waals surface area contributed by atoms with E-state index in [2.05, 4.69) is 20.7 Å². The first-order chi connectivity index (χ1) is 16.6. The van der Waals surface area contributed by atoms with Crippen LogP contribution < -0.4 is 5.43 Å². The predicted octanol–water partition coefficient (Wildman–Crippen LogP) is 5.54. The molecule has 0 aliphatic rings. The zero-order chi connectivity index (χ0) is 23.8. The molecule has 0 spiro atoms. The van der Waals surface area contributed by atoms with Crippen molar-refractivity contribution in [1.82, 2.24) is 20.2 Å². The highest BCUT2D eigenvalue weighted by atomic mass is 32.2. The number of nitrogens with one attached hydrogen (secondary N) is 1. The molecule has 0 unspecified atom stereocenters. The van der Waals surface area contributed by atoms with Crippen LogP contribution in [0, 0.1) is 6.92 Å². The van der Waals surface area contributed by atoms with Gasteiger partial charge >= 0.3 is 0 Å². The van der Waals surface area contributed by atoms with Crippen LogP contribution in [0.25, 0.3) is 23.2 Å². The zero-order valence-corrected chi connectivity index (χ0v) is 19.9. The number of aromatic nitrogens is 3. The van der Waals surface area contributed by atoms with Crippen LogP contribution in [0.3, 0.4) is 0 Å². The number of aryl methyl sites for hydroxylation is 1. The number of hydrazone groups is 1. The average molecular weight is 468 g/mol. The van der Waals surface area contributed by atoms with Crippen LogP contribution >= 0.6 is 11.8 Å². The summed E-state index contributed by atoms with van der Waals surface area (Å²) >= 11 is 1.32. The van der Waals surface area contributed by atoms with E-state index in [9.17, 15) is 4.79 Å². The topological polar surface area (TPSA) is 72.2 Å². The second-order valence-electron chi connectivity index (χ2n) is 7.72. The van der Waals surface area contributed by atoms with Gasteiger partial charge in [-0.25, -0.2) is 5.43 Å². The summed E-state index contributed by atoms with van der Waals surface area (Å²) < 4.78 is 1.97. The largest absolute Gasteiger partial charge is 0.272 e. The van der Waals surface area contributed by atoms with Crippen LogP contribution in [0.4, 0.5) is 0 Å². The Morgan fingerprint density at radius 3 is 2.35 bits per heavy atom. The van der Waals surface area contributed by atoms with E-state index in [0.717, 1.165) is 28.2 Å². The van der Waals surface area contributed by atoms with Gasteiger partial charge < -0.3 is 0 Å². The number of allylic oxidation sites excluding steroid dienone is 1. The molecule has 1 amide bonds. The summed E-state index contributed by atoms with van der Waals surface area (Å²) in [5, 5.41) is 13.5. The second-order valence-corrected chi connectivity index (χ2v) is 8.67. The Balaban J connectivity index is 1.45. The minimum absolute atomic E-state index is 0.164. The van der Waals surface area contributed by atoms with Crippen molar-refractivity contribution in [3.05, 3.63) is 102 Å². The highest BCUT2D eigenvalue weighted by Gasteiger charge is 2.17. The van der Waals surface area contributed by atoms with Crippen molar-refractivity contribution in [2.45, 2.75) is 19.0 Å². The molecule has 1 aromatic heterocycles. The highest BCUT2D eigenvalue weighted by molar-refractivity contribution is 7.99. The molecule has 0 saturated heterocycles. The van der Waals surface area contributed by atoms with Crippen LogP contribution in [0.15, 0.2) is 101 Å². The Morgan fingerprint density at radius 1 is 0.971 bits per heavy atom. The average Bonchev–Trinajstić information content (AvgIpc) is 3.28. The first kappa shape index (κ1) is 23.2. The second kappa shape index (κ2) is 11.2. The fourth-order valence-electron chi connectivity index (χ4n) is 3.28. The molecule has 170 valence electrons. The number of hydrogen-bond donors (Lipinski definition) is 1. The predicted molar refractivity (Wildman–Crippen MR) is 139 cm³/mol. The Morgan fingerprint density at radius 2 is 1.65 bits per heavy atom. The third-order valence-electron chi connectivity index (χ3n) is 4.94. The van der Waals surface area contributed by atoms with Gasteiger partial charge in [0.05, 0.1) is 12.0 Å². The number of thioether (sulfide) groups is 1. The third kappa shape index (κ3) is 6.08. The molecule has 0 aliphatic carbocycles. The van der Waals surface area contributed by atoms with Crippen molar-refractivity contribution in [3.8, 4) is 17.1 Å². The van der Waals surface area contributed by atoms with E-state index in [1.807, 2.05) is 109 Å². The zero-order valence-electron chi connectivity index (χ0n) is 19.1. The number of hydrogen-bond acceptors (Lipinski definition) is 5. The lowest BCUT2D eigenvalue weighted by Gasteiger charge is -2.10. The maximum Gasteiger partial charge on any atom is 0.250 e. The molecule has 0 atom stereocenters. The molecule has 3 aromatic carbocycles. The molecule has 4 rings (SSSR count). The molecular weight excluding hydrogens is 442 g/mol. The summed E-state index contributed by atoms with van der Waals surface area (Å²) in [6.45, 7) is 3.98. The molecule has 0 saturated carbocycles. The number of benzene rings is 3. The van der Waals surface area contributed by atoms with Crippen molar-refractivity contribution in [2.24, 2.45) is 5.10 Å². The number of carbonyl (C=O) groups is 1. The van der Waals surface area contributed by atoms with Gasteiger partial charge in [0.1, 0.15) is 0 Å². The molecule has 0 bridgehead atoms. The lowest BCUT2D eigenvalue weighted by Crippen LogP contribution is -2.20. The molecule has 7 heteroatoms. The summed E-state index contributed by atoms with van der Waals surface area (Å²) in [7, 11) is 0. The highest BCUT2D eigenvalue weighted by Crippen LogP contribution is 2.28. The van der Waals surface area contributed by atoms with E-state index in [1.54, 1.807) is 6.21 Å². The number of amides is 1. The van der Waals surface area contributed by atoms with Gasteiger partial charge in [-0.05, 0) is 37.1 Å². The normalized spacial score (nSPS) is 11.6. The van der Waals surface area contributed by atoms with E-state index >= 15 is 0 Å². The fraction of sp³-hybridized carbons (Fsp3) is 0.111. The fourth-order valence-corrected chi connectivity index (χ4v) is 4.03. The van der Waals surface area contributed by atoms with Crippen molar-refractivity contribution in [2.75, 3.05) is 5.75 Å². The van der Waals surface area contributed by atoms with Crippen LogP contribution in [0.1, 0.15) is 18.1 Å². The van der Waals surface area contributed by atoms with Gasteiger partial charge in [0, 0.05) is 11.3 Å². The quantitative estimate of drug-likeness (QED) is 0.210. The summed E-state index contributed by atoms with van der Waals surface area (Å²) in [5.74, 6) is 0.679. The lowest BCUT2D eigenvalue weighted by molar-refractivity contribution is -0.118. The summed E-state index contributed by atoms with van der Waals surface area (Å²) in [6.07, 6.45) is 3.64. The van der Waals surface area contributed by atoms with Crippen molar-refractivity contribution in [1.29, 1.82) is 0 Å². The van der Waals surface area contributed by atoms with Crippen LogP contribution in [-0.2, 0) is 4.79 Å². The van der Waals surface area contributed by atoms with Crippen LogP contribution in [-0.4, -0.2) is 32.6 Å². The van der Waals surface area contributed by atoms with Crippen molar-refractivity contribution in [3.63, 3.8) is 0 Å². The monoisotopic (exact) mass is 467 g/mol. The molecule has 6 nitrogen and oxygen atoms in total. The molecule has 34 heavy (non-hydrogen) atoms. The molecule has 4 aromatic rings. The standard InChI is InChI=1S/C27H25N5OS/c1-20-13-15-24(16-14-20)32-26(23-11-7-4-8-12-23)30-31-27(32)34-19-25(33)29-28-18-21(2)17-22-9-5-3-6-10-22/h3-18H,19H2,1-2H3,(H,29,33). The van der Waals surface area contributed by atoms with E-state index in [0.29, 0.717) is 5.16 Å². The third-order valence-corrected chi connectivity index (χ3v) is 5.87. The molecule has 0 radical (unpaired) electrons. The smallest absolute Gasteiger partial charge is 0.250 e. The Labute approximate surface area is 203 Å². The van der Waals surface area contributed by atoms with E-state index in [-0.39, 0.29) is 11.7 Å². The summed E-state index contributed by atoms with van der Waals surface area (Å²) in [4.78, 5) is 12.4. The van der Waals surface area contributed by atoms with Crippen molar-refractivity contribution < 1.29 is 4.79 Å². The van der Waals surface area contributed by atoms with Crippen LogP contribution in [0.5, 0.6) is 0 Å². The van der Waals surface area contributed by atoms with E-state index in [1.165, 1.54) is 17.3 Å². The Hall–Kier alpha value is -3.97. The minimum atomic E-state index is -0.214. The van der Waals surface area contributed by atoms with E-state index < -0.39 is 0 Å². The SMILES string of the molecule is CC(C=NNC(=O)CSc1nnc(-c2ccccc2)n1-c1ccc(C)cc1)=Cc1ccccc1. The first-order valence-corrected chi connectivity index (χ1v) is 11.8. The molecule has 0 aliphatic heterocycles. The van der Waals surface area contributed by atoms with Crippen molar-refractivity contribution >= 4 is 30.0 Å². The van der Waals surface area contributed by atoms with E-state index in [4.69, 9.17) is 0 Å².